The van der Waals surface area contributed by atoms with Crippen molar-refractivity contribution in [2.24, 2.45) is 0 Å². The fourth-order valence-electron chi connectivity index (χ4n) is 2.78. The maximum Gasteiger partial charge on any atom is 0.408 e. The zero-order chi connectivity index (χ0) is 19.0. The largest absolute Gasteiger partial charge is 0.467 e. The van der Waals surface area contributed by atoms with Crippen LogP contribution in [0.4, 0.5) is 4.79 Å². The Kier molecular flexibility index (Phi) is 12.0. The first kappa shape index (κ1) is 22.0. The van der Waals surface area contributed by atoms with E-state index in [9.17, 15) is 9.59 Å². The van der Waals surface area contributed by atoms with Crippen LogP contribution in [0.5, 0.6) is 0 Å². The Labute approximate surface area is 157 Å². The van der Waals surface area contributed by atoms with Gasteiger partial charge in [0, 0.05) is 0 Å². The molecule has 1 amide bonds. The zero-order valence-electron chi connectivity index (χ0n) is 16.2. The second-order valence-corrected chi connectivity index (χ2v) is 6.55. The molecule has 0 saturated carbocycles. The SMILES string of the molecule is CCCCCCCCCC[C@H](NC(=O)OCc1ccccc1)C(=O)OC. The number of ether oxygens (including phenoxy) is 2. The molecular formula is C21H33NO4. The van der Waals surface area contributed by atoms with Crippen molar-refractivity contribution >= 4 is 12.1 Å². The van der Waals surface area contributed by atoms with Crippen LogP contribution in [0.15, 0.2) is 30.3 Å². The number of rotatable bonds is 13. The molecule has 1 aromatic rings. The number of nitrogens with one attached hydrogen (secondary N) is 1. The first-order chi connectivity index (χ1) is 12.7. The van der Waals surface area contributed by atoms with Crippen molar-refractivity contribution in [3.05, 3.63) is 35.9 Å². The lowest BCUT2D eigenvalue weighted by Gasteiger charge is -2.16. The molecule has 1 atom stereocenters. The summed E-state index contributed by atoms with van der Waals surface area (Å²) in [6.07, 6.45) is 9.45. The fraction of sp³-hybridized carbons (Fsp3) is 0.619. The van der Waals surface area contributed by atoms with E-state index in [-0.39, 0.29) is 6.61 Å². The number of unbranched alkanes of at least 4 members (excludes halogenated alkanes) is 7. The standard InChI is InChI=1S/C21H33NO4/c1-3-4-5-6-7-8-9-13-16-19(20(23)25-2)22-21(24)26-17-18-14-11-10-12-15-18/h10-12,14-15,19H,3-9,13,16-17H2,1-2H3,(H,22,24)/t19-/m0/s1. The number of carbonyl (C=O) groups is 2. The molecule has 0 spiro atoms. The molecule has 0 saturated heterocycles. The third-order valence-corrected chi connectivity index (χ3v) is 4.34. The molecule has 1 aromatic carbocycles. The topological polar surface area (TPSA) is 64.6 Å². The van der Waals surface area contributed by atoms with Crippen LogP contribution in [0.3, 0.4) is 0 Å². The Hall–Kier alpha value is -2.04. The summed E-state index contributed by atoms with van der Waals surface area (Å²) >= 11 is 0. The van der Waals surface area contributed by atoms with Gasteiger partial charge in [-0.15, -0.1) is 0 Å². The normalized spacial score (nSPS) is 11.6. The molecule has 146 valence electrons. The number of esters is 1. The summed E-state index contributed by atoms with van der Waals surface area (Å²) in [4.78, 5) is 23.8. The first-order valence-electron chi connectivity index (χ1n) is 9.72. The second kappa shape index (κ2) is 14.2. The third kappa shape index (κ3) is 10.1. The van der Waals surface area contributed by atoms with Crippen LogP contribution in [0.2, 0.25) is 0 Å². The number of benzene rings is 1. The van der Waals surface area contributed by atoms with Gasteiger partial charge in [-0.1, -0.05) is 88.6 Å². The predicted molar refractivity (Wildman–Crippen MR) is 103 cm³/mol. The van der Waals surface area contributed by atoms with Crippen molar-refractivity contribution < 1.29 is 19.1 Å². The van der Waals surface area contributed by atoms with E-state index in [1.807, 2.05) is 30.3 Å². The minimum absolute atomic E-state index is 0.179. The molecule has 0 unspecified atom stereocenters. The number of hydrogen-bond acceptors (Lipinski definition) is 4. The maximum absolute atomic E-state index is 11.9. The Balaban J connectivity index is 2.25. The lowest BCUT2D eigenvalue weighted by Crippen LogP contribution is -2.41. The lowest BCUT2D eigenvalue weighted by atomic mass is 10.0. The highest BCUT2D eigenvalue weighted by Crippen LogP contribution is 2.11. The summed E-state index contributed by atoms with van der Waals surface area (Å²) in [5.74, 6) is -0.426. The van der Waals surface area contributed by atoms with Gasteiger partial charge in [0.25, 0.3) is 0 Å². The van der Waals surface area contributed by atoms with Crippen molar-refractivity contribution in [3.63, 3.8) is 0 Å². The minimum atomic E-state index is -0.650. The summed E-state index contributed by atoms with van der Waals surface area (Å²) in [5, 5.41) is 2.62. The van der Waals surface area contributed by atoms with Gasteiger partial charge in [0.05, 0.1) is 7.11 Å². The van der Waals surface area contributed by atoms with Crippen molar-refractivity contribution in [1.29, 1.82) is 0 Å². The molecule has 26 heavy (non-hydrogen) atoms. The number of amides is 1. The van der Waals surface area contributed by atoms with Crippen molar-refractivity contribution in [2.45, 2.75) is 77.4 Å². The Morgan fingerprint density at radius 2 is 1.58 bits per heavy atom. The van der Waals surface area contributed by atoms with E-state index in [0.29, 0.717) is 6.42 Å². The van der Waals surface area contributed by atoms with Crippen LogP contribution in [-0.4, -0.2) is 25.2 Å². The number of methoxy groups -OCH3 is 1. The van der Waals surface area contributed by atoms with Gasteiger partial charge in [-0.2, -0.15) is 0 Å². The molecule has 0 radical (unpaired) electrons. The molecule has 0 heterocycles. The maximum atomic E-state index is 11.9. The summed E-state index contributed by atoms with van der Waals surface area (Å²) < 4.78 is 9.97. The van der Waals surface area contributed by atoms with Gasteiger partial charge >= 0.3 is 12.1 Å². The Morgan fingerprint density at radius 3 is 2.19 bits per heavy atom. The second-order valence-electron chi connectivity index (χ2n) is 6.55. The zero-order valence-corrected chi connectivity index (χ0v) is 16.2. The summed E-state index contributed by atoms with van der Waals surface area (Å²) in [5.41, 5.74) is 0.903. The van der Waals surface area contributed by atoms with Gasteiger partial charge in [0.2, 0.25) is 0 Å². The molecular weight excluding hydrogens is 330 g/mol. The van der Waals surface area contributed by atoms with E-state index in [0.717, 1.165) is 24.8 Å². The summed E-state index contributed by atoms with van der Waals surface area (Å²) in [6, 6.07) is 8.78. The van der Waals surface area contributed by atoms with Crippen LogP contribution >= 0.6 is 0 Å². The third-order valence-electron chi connectivity index (χ3n) is 4.34. The number of alkyl carbamates (subject to hydrolysis) is 1. The van der Waals surface area contributed by atoms with Crippen LogP contribution < -0.4 is 5.32 Å². The van der Waals surface area contributed by atoms with Gasteiger partial charge in [-0.05, 0) is 12.0 Å². The van der Waals surface area contributed by atoms with Crippen LogP contribution in [0.1, 0.15) is 70.3 Å². The first-order valence-corrected chi connectivity index (χ1v) is 9.72. The van der Waals surface area contributed by atoms with E-state index >= 15 is 0 Å². The van der Waals surface area contributed by atoms with E-state index in [1.165, 1.54) is 39.2 Å². The van der Waals surface area contributed by atoms with Gasteiger partial charge < -0.3 is 14.8 Å². The molecule has 1 N–H and O–H groups in total. The monoisotopic (exact) mass is 363 g/mol. The molecule has 0 bridgehead atoms. The van der Waals surface area contributed by atoms with Gasteiger partial charge in [0.1, 0.15) is 12.6 Å². The highest BCUT2D eigenvalue weighted by Gasteiger charge is 2.21. The predicted octanol–water partition coefficient (Wildman–Crippen LogP) is 4.99. The van der Waals surface area contributed by atoms with E-state index in [4.69, 9.17) is 9.47 Å². The molecule has 0 aliphatic rings. The molecule has 1 rings (SSSR count). The smallest absolute Gasteiger partial charge is 0.408 e. The summed E-state index contributed by atoms with van der Waals surface area (Å²) in [7, 11) is 1.33. The van der Waals surface area contributed by atoms with Gasteiger partial charge in [0.15, 0.2) is 0 Å². The quantitative estimate of drug-likeness (QED) is 0.396. The molecule has 0 aromatic heterocycles. The molecule has 0 aliphatic heterocycles. The Morgan fingerprint density at radius 1 is 0.962 bits per heavy atom. The van der Waals surface area contributed by atoms with E-state index < -0.39 is 18.1 Å². The highest BCUT2D eigenvalue weighted by molar-refractivity contribution is 5.81. The highest BCUT2D eigenvalue weighted by atomic mass is 16.6. The fourth-order valence-corrected chi connectivity index (χ4v) is 2.78. The molecule has 5 heteroatoms. The molecule has 5 nitrogen and oxygen atoms in total. The number of hydrogen-bond donors (Lipinski definition) is 1. The van der Waals surface area contributed by atoms with Gasteiger partial charge in [-0.3, -0.25) is 0 Å². The van der Waals surface area contributed by atoms with Crippen LogP contribution in [0, 0.1) is 0 Å². The van der Waals surface area contributed by atoms with Crippen LogP contribution in [-0.2, 0) is 20.9 Å². The average molecular weight is 363 g/mol. The number of carbonyl (C=O) groups excluding carboxylic acids is 2. The van der Waals surface area contributed by atoms with Crippen molar-refractivity contribution in [3.8, 4) is 0 Å². The van der Waals surface area contributed by atoms with Crippen LogP contribution in [0.25, 0.3) is 0 Å². The lowest BCUT2D eigenvalue weighted by molar-refractivity contribution is -0.143. The van der Waals surface area contributed by atoms with Crippen molar-refractivity contribution in [2.75, 3.05) is 7.11 Å². The van der Waals surface area contributed by atoms with Gasteiger partial charge in [-0.25, -0.2) is 9.59 Å². The molecule has 0 fully saturated rings. The summed E-state index contributed by atoms with van der Waals surface area (Å²) in [6.45, 7) is 2.39. The minimum Gasteiger partial charge on any atom is -0.467 e. The molecule has 0 aliphatic carbocycles. The average Bonchev–Trinajstić information content (AvgIpc) is 2.67. The van der Waals surface area contributed by atoms with E-state index in [1.54, 1.807) is 0 Å². The Bertz CT molecular complexity index is 504. The van der Waals surface area contributed by atoms with Crippen molar-refractivity contribution in [1.82, 2.24) is 5.32 Å². The van der Waals surface area contributed by atoms with E-state index in [2.05, 4.69) is 12.2 Å².